The highest BCUT2D eigenvalue weighted by atomic mass is 32.1. The molecule has 0 unspecified atom stereocenters. The molecule has 1 amide bonds. The number of aromatic nitrogens is 2. The molecular weight excluding hydrogens is 346 g/mol. The number of nitrogens with zero attached hydrogens (tertiary/aromatic N) is 2. The second-order valence-electron chi connectivity index (χ2n) is 5.69. The lowest BCUT2D eigenvalue weighted by atomic mass is 10.2. The normalized spacial score (nSPS) is 10.6. The number of carbonyl (C=O) groups excluding carboxylic acids is 1. The summed E-state index contributed by atoms with van der Waals surface area (Å²) in [6.45, 7) is 0.491. The molecule has 5 nitrogen and oxygen atoms in total. The van der Waals surface area contributed by atoms with Crippen LogP contribution in [0.1, 0.15) is 15.9 Å². The van der Waals surface area contributed by atoms with Crippen LogP contribution in [0, 0.1) is 0 Å². The van der Waals surface area contributed by atoms with Crippen LogP contribution in [0.3, 0.4) is 0 Å². The molecule has 1 N–H and O–H groups in total. The quantitative estimate of drug-likeness (QED) is 0.567. The van der Waals surface area contributed by atoms with Crippen LogP contribution >= 0.6 is 11.7 Å². The molecule has 0 radical (unpaired) electrons. The third-order valence-corrected chi connectivity index (χ3v) is 4.44. The van der Waals surface area contributed by atoms with E-state index in [1.54, 1.807) is 24.3 Å². The molecule has 0 aliphatic heterocycles. The van der Waals surface area contributed by atoms with E-state index in [-0.39, 0.29) is 5.91 Å². The molecule has 0 saturated carbocycles. The minimum Gasteiger partial charge on any atom is -0.489 e. The third-order valence-electron chi connectivity index (χ3n) is 3.90. The van der Waals surface area contributed by atoms with Crippen molar-refractivity contribution in [2.75, 3.05) is 5.32 Å². The summed E-state index contributed by atoms with van der Waals surface area (Å²) in [5.41, 5.74) is 3.79. The molecule has 1 aromatic heterocycles. The van der Waals surface area contributed by atoms with Crippen molar-refractivity contribution in [2.45, 2.75) is 6.61 Å². The van der Waals surface area contributed by atoms with Gasteiger partial charge in [-0.2, -0.15) is 8.75 Å². The molecule has 0 spiro atoms. The maximum Gasteiger partial charge on any atom is 0.255 e. The fourth-order valence-electron chi connectivity index (χ4n) is 2.54. The Morgan fingerprint density at radius 3 is 2.54 bits per heavy atom. The van der Waals surface area contributed by atoms with Crippen LogP contribution < -0.4 is 10.1 Å². The van der Waals surface area contributed by atoms with Crippen molar-refractivity contribution in [3.8, 4) is 5.75 Å². The highest BCUT2D eigenvalue weighted by Gasteiger charge is 2.10. The number of hydrogen-bond acceptors (Lipinski definition) is 5. The van der Waals surface area contributed by atoms with E-state index in [9.17, 15) is 4.79 Å². The number of rotatable bonds is 5. The molecule has 0 bridgehead atoms. The van der Waals surface area contributed by atoms with Gasteiger partial charge >= 0.3 is 0 Å². The summed E-state index contributed by atoms with van der Waals surface area (Å²) in [4.78, 5) is 12.5. The number of ether oxygens (including phenoxy) is 1. The number of anilines is 1. The van der Waals surface area contributed by atoms with Crippen molar-refractivity contribution in [3.63, 3.8) is 0 Å². The number of carbonyl (C=O) groups is 1. The van der Waals surface area contributed by atoms with E-state index in [2.05, 4.69) is 14.1 Å². The van der Waals surface area contributed by atoms with Crippen LogP contribution in [0.15, 0.2) is 72.8 Å². The minimum atomic E-state index is -0.194. The second-order valence-corrected chi connectivity index (χ2v) is 6.22. The molecule has 128 valence electrons. The predicted molar refractivity (Wildman–Crippen MR) is 103 cm³/mol. The Balaban J connectivity index is 1.43. The van der Waals surface area contributed by atoms with Crippen LogP contribution in [0.5, 0.6) is 5.75 Å². The summed E-state index contributed by atoms with van der Waals surface area (Å²) < 4.78 is 14.2. The van der Waals surface area contributed by atoms with Gasteiger partial charge in [-0.05, 0) is 42.0 Å². The zero-order chi connectivity index (χ0) is 17.8. The summed E-state index contributed by atoms with van der Waals surface area (Å²) in [7, 11) is 0. The van der Waals surface area contributed by atoms with Gasteiger partial charge < -0.3 is 10.1 Å². The second kappa shape index (κ2) is 7.33. The Morgan fingerprint density at radius 2 is 1.73 bits per heavy atom. The summed E-state index contributed by atoms with van der Waals surface area (Å²) >= 11 is 1.13. The molecule has 0 aliphatic rings. The van der Waals surface area contributed by atoms with Crippen molar-refractivity contribution >= 4 is 34.4 Å². The van der Waals surface area contributed by atoms with Gasteiger partial charge in [0.25, 0.3) is 5.91 Å². The molecule has 6 heteroatoms. The van der Waals surface area contributed by atoms with Gasteiger partial charge in [0.2, 0.25) is 0 Å². The minimum absolute atomic E-state index is 0.194. The zero-order valence-corrected chi connectivity index (χ0v) is 14.6. The molecule has 4 rings (SSSR count). The Morgan fingerprint density at radius 1 is 0.923 bits per heavy atom. The largest absolute Gasteiger partial charge is 0.489 e. The molecule has 4 aromatic rings. The van der Waals surface area contributed by atoms with Gasteiger partial charge in [0, 0.05) is 5.56 Å². The monoisotopic (exact) mass is 361 g/mol. The van der Waals surface area contributed by atoms with Gasteiger partial charge in [-0.15, -0.1) is 0 Å². The first-order chi connectivity index (χ1) is 12.8. The number of benzene rings is 3. The Kier molecular flexibility index (Phi) is 4.57. The molecule has 26 heavy (non-hydrogen) atoms. The van der Waals surface area contributed by atoms with Crippen LogP contribution in [0.25, 0.3) is 11.0 Å². The van der Waals surface area contributed by atoms with E-state index in [0.717, 1.165) is 28.6 Å². The smallest absolute Gasteiger partial charge is 0.255 e. The lowest BCUT2D eigenvalue weighted by Crippen LogP contribution is -2.12. The first-order valence-corrected chi connectivity index (χ1v) is 8.82. The van der Waals surface area contributed by atoms with E-state index in [4.69, 9.17) is 4.74 Å². The zero-order valence-electron chi connectivity index (χ0n) is 13.8. The molecule has 0 atom stereocenters. The predicted octanol–water partition coefficient (Wildman–Crippen LogP) is 4.52. The van der Waals surface area contributed by atoms with Gasteiger partial charge in [-0.3, -0.25) is 4.79 Å². The fourth-order valence-corrected chi connectivity index (χ4v) is 3.09. The van der Waals surface area contributed by atoms with Gasteiger partial charge in [-0.1, -0.05) is 36.4 Å². The Hall–Kier alpha value is -3.25. The average Bonchev–Trinajstić information content (AvgIpc) is 3.17. The maximum atomic E-state index is 12.5. The maximum absolute atomic E-state index is 12.5. The third kappa shape index (κ3) is 3.55. The molecule has 0 saturated heterocycles. The number of amides is 1. The van der Waals surface area contributed by atoms with Crippen LogP contribution in [-0.4, -0.2) is 14.7 Å². The van der Waals surface area contributed by atoms with Crippen LogP contribution in [0.2, 0.25) is 0 Å². The Bertz CT molecular complexity index is 1030. The van der Waals surface area contributed by atoms with Crippen LogP contribution in [-0.2, 0) is 6.61 Å². The number of fused-ring (bicyclic) bond motifs is 1. The number of nitrogens with one attached hydrogen (secondary N) is 1. The van der Waals surface area contributed by atoms with Crippen molar-refractivity contribution in [1.29, 1.82) is 0 Å². The molecular formula is C20H15N3O2S. The number of hydrogen-bond donors (Lipinski definition) is 1. The van der Waals surface area contributed by atoms with Crippen LogP contribution in [0.4, 0.5) is 5.69 Å². The van der Waals surface area contributed by atoms with Crippen molar-refractivity contribution in [1.82, 2.24) is 8.75 Å². The molecule has 3 aromatic carbocycles. The lowest BCUT2D eigenvalue weighted by molar-refractivity contribution is 0.102. The van der Waals surface area contributed by atoms with Gasteiger partial charge in [0.05, 0.1) is 17.4 Å². The summed E-state index contributed by atoms with van der Waals surface area (Å²) in [5, 5.41) is 2.89. The van der Waals surface area contributed by atoms with Crippen molar-refractivity contribution in [3.05, 3.63) is 83.9 Å². The van der Waals surface area contributed by atoms with E-state index in [1.807, 2.05) is 48.5 Å². The van der Waals surface area contributed by atoms with E-state index in [1.165, 1.54) is 0 Å². The highest BCUT2D eigenvalue weighted by molar-refractivity contribution is 7.00. The summed E-state index contributed by atoms with van der Waals surface area (Å²) in [6.07, 6.45) is 0. The van der Waals surface area contributed by atoms with E-state index in [0.29, 0.717) is 23.4 Å². The van der Waals surface area contributed by atoms with Gasteiger partial charge in [-0.25, -0.2) is 0 Å². The summed E-state index contributed by atoms with van der Waals surface area (Å²) in [5.74, 6) is 0.524. The fraction of sp³-hybridized carbons (Fsp3) is 0.0500. The van der Waals surface area contributed by atoms with Crippen molar-refractivity contribution in [2.24, 2.45) is 0 Å². The Labute approximate surface area is 154 Å². The first-order valence-electron chi connectivity index (χ1n) is 8.09. The van der Waals surface area contributed by atoms with Crippen molar-refractivity contribution < 1.29 is 9.53 Å². The highest BCUT2D eigenvalue weighted by Crippen LogP contribution is 2.22. The van der Waals surface area contributed by atoms with E-state index < -0.39 is 0 Å². The lowest BCUT2D eigenvalue weighted by Gasteiger charge is -2.08. The summed E-state index contributed by atoms with van der Waals surface area (Å²) in [6, 6.07) is 22.6. The topological polar surface area (TPSA) is 64.1 Å². The standard InChI is InChI=1S/C20H15N3O2S/c24-20(21-17-7-4-8-18-19(17)23-26-22-18)15-9-11-16(12-10-15)25-13-14-5-2-1-3-6-14/h1-12H,13H2,(H,21,24). The van der Waals surface area contributed by atoms with Gasteiger partial charge in [0.1, 0.15) is 23.4 Å². The average molecular weight is 361 g/mol. The molecule has 1 heterocycles. The molecule has 0 aliphatic carbocycles. The van der Waals surface area contributed by atoms with Gasteiger partial charge in [0.15, 0.2) is 0 Å². The molecule has 0 fully saturated rings. The SMILES string of the molecule is O=C(Nc1cccc2nsnc12)c1ccc(OCc2ccccc2)cc1. The van der Waals surface area contributed by atoms with E-state index >= 15 is 0 Å². The first kappa shape index (κ1) is 16.2.